The van der Waals surface area contributed by atoms with E-state index in [0.717, 1.165) is 11.1 Å². The van der Waals surface area contributed by atoms with Crippen LogP contribution in [0.15, 0.2) is 18.2 Å². The predicted molar refractivity (Wildman–Crippen MR) is 64.2 cm³/mol. The first-order valence-corrected chi connectivity index (χ1v) is 5.14. The summed E-state index contributed by atoms with van der Waals surface area (Å²) >= 11 is 4.91. The molecule has 4 heteroatoms. The molecular weight excluding hydrogens is 210 g/mol. The van der Waals surface area contributed by atoms with Crippen LogP contribution in [-0.4, -0.2) is 18.7 Å². The van der Waals surface area contributed by atoms with Gasteiger partial charge >= 0.3 is 0 Å². The minimum atomic E-state index is 0.342. The molecule has 0 radical (unpaired) electrons. The quantitative estimate of drug-likeness (QED) is 0.777. The number of methoxy groups -OCH3 is 1. The first-order chi connectivity index (χ1) is 7.19. The molecule has 0 aliphatic rings. The third-order valence-corrected chi connectivity index (χ3v) is 2.22. The van der Waals surface area contributed by atoms with Crippen LogP contribution in [-0.2, 0) is 11.3 Å². The molecule has 0 aliphatic carbocycles. The molecule has 0 heterocycles. The molecule has 0 bridgehead atoms. The summed E-state index contributed by atoms with van der Waals surface area (Å²) in [5.41, 5.74) is 7.37. The van der Waals surface area contributed by atoms with Crippen molar-refractivity contribution in [1.82, 2.24) is 0 Å². The van der Waals surface area contributed by atoms with Gasteiger partial charge in [0.05, 0.1) is 19.3 Å². The lowest BCUT2D eigenvalue weighted by molar-refractivity contribution is 0.134. The zero-order valence-electron chi connectivity index (χ0n) is 8.95. The fourth-order valence-electron chi connectivity index (χ4n) is 1.25. The van der Waals surface area contributed by atoms with Crippen LogP contribution in [0, 0.1) is 0 Å². The minimum Gasteiger partial charge on any atom is -0.496 e. The lowest BCUT2D eigenvalue weighted by atomic mass is 10.1. The summed E-state index contributed by atoms with van der Waals surface area (Å²) in [6, 6.07) is 5.69. The second kappa shape index (κ2) is 5.68. The summed E-state index contributed by atoms with van der Waals surface area (Å²) in [6.07, 6.45) is 0. The predicted octanol–water partition coefficient (Wildman–Crippen LogP) is 1.87. The summed E-state index contributed by atoms with van der Waals surface area (Å²) in [5.74, 6) is 0.694. The van der Waals surface area contributed by atoms with E-state index < -0.39 is 0 Å². The third kappa shape index (κ3) is 3.18. The van der Waals surface area contributed by atoms with Gasteiger partial charge in [0.25, 0.3) is 0 Å². The molecule has 1 aromatic carbocycles. The molecule has 0 unspecified atom stereocenters. The van der Waals surface area contributed by atoms with E-state index in [1.165, 1.54) is 0 Å². The van der Waals surface area contributed by atoms with Gasteiger partial charge in [0.2, 0.25) is 0 Å². The Morgan fingerprint density at radius 1 is 1.47 bits per heavy atom. The zero-order valence-corrected chi connectivity index (χ0v) is 9.76. The standard InChI is InChI=1S/C11H15NO2S/c1-3-14-7-8-4-5-9(11(12)15)10(6-8)13-2/h4-6H,3,7H2,1-2H3,(H2,12,15). The van der Waals surface area contributed by atoms with E-state index in [1.54, 1.807) is 7.11 Å². The number of hydrogen-bond donors (Lipinski definition) is 1. The van der Waals surface area contributed by atoms with Crippen LogP contribution in [0.5, 0.6) is 5.75 Å². The molecule has 2 N–H and O–H groups in total. The van der Waals surface area contributed by atoms with Gasteiger partial charge in [0, 0.05) is 6.61 Å². The molecule has 15 heavy (non-hydrogen) atoms. The van der Waals surface area contributed by atoms with Gasteiger partial charge in [-0.2, -0.15) is 0 Å². The Bertz CT molecular complexity index is 352. The van der Waals surface area contributed by atoms with Crippen molar-refractivity contribution in [3.05, 3.63) is 29.3 Å². The second-order valence-corrected chi connectivity index (χ2v) is 3.48. The van der Waals surface area contributed by atoms with E-state index in [4.69, 9.17) is 27.4 Å². The number of benzene rings is 1. The maximum absolute atomic E-state index is 5.56. The normalized spacial score (nSPS) is 10.0. The van der Waals surface area contributed by atoms with Crippen LogP contribution in [0.25, 0.3) is 0 Å². The molecule has 0 saturated heterocycles. The van der Waals surface area contributed by atoms with Gasteiger partial charge in [0.15, 0.2) is 0 Å². The van der Waals surface area contributed by atoms with Crippen molar-refractivity contribution in [2.75, 3.05) is 13.7 Å². The highest BCUT2D eigenvalue weighted by Crippen LogP contribution is 2.20. The average Bonchev–Trinajstić information content (AvgIpc) is 2.25. The summed E-state index contributed by atoms with van der Waals surface area (Å²) in [7, 11) is 1.60. The molecule has 0 aromatic heterocycles. The highest BCUT2D eigenvalue weighted by atomic mass is 32.1. The van der Waals surface area contributed by atoms with Gasteiger partial charge in [-0.25, -0.2) is 0 Å². The van der Waals surface area contributed by atoms with Gasteiger partial charge in [-0.1, -0.05) is 18.3 Å². The van der Waals surface area contributed by atoms with Crippen LogP contribution in [0.2, 0.25) is 0 Å². The smallest absolute Gasteiger partial charge is 0.129 e. The van der Waals surface area contributed by atoms with E-state index >= 15 is 0 Å². The van der Waals surface area contributed by atoms with E-state index in [9.17, 15) is 0 Å². The molecule has 0 fully saturated rings. The van der Waals surface area contributed by atoms with Gasteiger partial charge < -0.3 is 15.2 Å². The molecule has 82 valence electrons. The molecule has 1 aromatic rings. The van der Waals surface area contributed by atoms with E-state index in [2.05, 4.69) is 0 Å². The van der Waals surface area contributed by atoms with Gasteiger partial charge in [0.1, 0.15) is 10.7 Å². The summed E-state index contributed by atoms with van der Waals surface area (Å²) in [6.45, 7) is 3.23. The summed E-state index contributed by atoms with van der Waals surface area (Å²) < 4.78 is 10.5. The van der Waals surface area contributed by atoms with Crippen molar-refractivity contribution in [1.29, 1.82) is 0 Å². The monoisotopic (exact) mass is 225 g/mol. The third-order valence-electron chi connectivity index (χ3n) is 2.00. The fourth-order valence-corrected chi connectivity index (χ4v) is 1.42. The fraction of sp³-hybridized carbons (Fsp3) is 0.364. The Hall–Kier alpha value is -1.13. The first kappa shape index (κ1) is 11.9. The van der Waals surface area contributed by atoms with Crippen molar-refractivity contribution in [2.45, 2.75) is 13.5 Å². The van der Waals surface area contributed by atoms with Crippen molar-refractivity contribution in [3.63, 3.8) is 0 Å². The van der Waals surface area contributed by atoms with Gasteiger partial charge in [-0.3, -0.25) is 0 Å². The van der Waals surface area contributed by atoms with E-state index in [0.29, 0.717) is 24.0 Å². The lowest BCUT2D eigenvalue weighted by Crippen LogP contribution is -2.11. The minimum absolute atomic E-state index is 0.342. The average molecular weight is 225 g/mol. The van der Waals surface area contributed by atoms with Crippen LogP contribution in [0.1, 0.15) is 18.1 Å². The van der Waals surface area contributed by atoms with E-state index in [1.807, 2.05) is 25.1 Å². The number of thiocarbonyl (C=S) groups is 1. The molecule has 3 nitrogen and oxygen atoms in total. The Balaban J connectivity index is 2.92. The van der Waals surface area contributed by atoms with Crippen molar-refractivity contribution < 1.29 is 9.47 Å². The maximum Gasteiger partial charge on any atom is 0.129 e. The number of nitrogens with two attached hydrogens (primary N) is 1. The number of ether oxygens (including phenoxy) is 2. The maximum atomic E-state index is 5.56. The number of hydrogen-bond acceptors (Lipinski definition) is 3. The SMILES string of the molecule is CCOCc1ccc(C(N)=S)c(OC)c1. The van der Waals surface area contributed by atoms with E-state index in [-0.39, 0.29) is 0 Å². The highest BCUT2D eigenvalue weighted by molar-refractivity contribution is 7.80. The molecule has 0 aliphatic heterocycles. The summed E-state index contributed by atoms with van der Waals surface area (Å²) in [5, 5.41) is 0. The zero-order chi connectivity index (χ0) is 11.3. The Kier molecular flexibility index (Phi) is 4.52. The Morgan fingerprint density at radius 3 is 2.73 bits per heavy atom. The van der Waals surface area contributed by atoms with Crippen LogP contribution in [0.3, 0.4) is 0 Å². The van der Waals surface area contributed by atoms with Crippen molar-refractivity contribution in [3.8, 4) is 5.75 Å². The molecular formula is C11H15NO2S. The first-order valence-electron chi connectivity index (χ1n) is 4.73. The van der Waals surface area contributed by atoms with Gasteiger partial charge in [-0.15, -0.1) is 0 Å². The van der Waals surface area contributed by atoms with Crippen LogP contribution < -0.4 is 10.5 Å². The number of rotatable bonds is 5. The largest absolute Gasteiger partial charge is 0.496 e. The second-order valence-electron chi connectivity index (χ2n) is 3.04. The topological polar surface area (TPSA) is 44.5 Å². The molecule has 0 amide bonds. The Morgan fingerprint density at radius 2 is 2.20 bits per heavy atom. The van der Waals surface area contributed by atoms with Gasteiger partial charge in [-0.05, 0) is 24.6 Å². The molecule has 1 rings (SSSR count). The van der Waals surface area contributed by atoms with Crippen LogP contribution >= 0.6 is 12.2 Å². The summed E-state index contributed by atoms with van der Waals surface area (Å²) in [4.78, 5) is 0.342. The van der Waals surface area contributed by atoms with Crippen molar-refractivity contribution in [2.24, 2.45) is 5.73 Å². The van der Waals surface area contributed by atoms with Crippen molar-refractivity contribution >= 4 is 17.2 Å². The molecule has 0 atom stereocenters. The molecule has 0 saturated carbocycles. The lowest BCUT2D eigenvalue weighted by Gasteiger charge is -2.09. The van der Waals surface area contributed by atoms with Crippen LogP contribution in [0.4, 0.5) is 0 Å². The highest BCUT2D eigenvalue weighted by Gasteiger charge is 2.06. The molecule has 0 spiro atoms. The Labute approximate surface area is 95.2 Å².